The first-order valence-electron chi connectivity index (χ1n) is 5.00. The molecule has 1 rings (SSSR count). The predicted octanol–water partition coefficient (Wildman–Crippen LogP) is 0.520. The van der Waals surface area contributed by atoms with Gasteiger partial charge in [-0.05, 0) is 25.9 Å². The Kier molecular flexibility index (Phi) is 4.43. The maximum atomic E-state index is 11.3. The van der Waals surface area contributed by atoms with Gasteiger partial charge in [0.2, 0.25) is 0 Å². The zero-order valence-corrected chi connectivity index (χ0v) is 9.22. The van der Waals surface area contributed by atoms with Crippen LogP contribution in [-0.4, -0.2) is 44.5 Å². The van der Waals surface area contributed by atoms with E-state index in [-0.39, 0.29) is 11.5 Å². The third kappa shape index (κ3) is 4.12. The van der Waals surface area contributed by atoms with Crippen molar-refractivity contribution in [2.45, 2.75) is 19.3 Å². The molecule has 0 spiro atoms. The largest absolute Gasteiger partial charge is 0.302 e. The third-order valence-electron chi connectivity index (χ3n) is 2.47. The molecule has 0 unspecified atom stereocenters. The van der Waals surface area contributed by atoms with Crippen molar-refractivity contribution in [1.29, 1.82) is 0 Å². The molecule has 0 amide bonds. The molecule has 1 aliphatic heterocycles. The molecule has 1 saturated heterocycles. The lowest BCUT2D eigenvalue weighted by Gasteiger charge is -2.25. The molecule has 0 aromatic rings. The molecule has 0 aromatic carbocycles. The summed E-state index contributed by atoms with van der Waals surface area (Å²) in [5.41, 5.74) is 0. The van der Waals surface area contributed by atoms with E-state index in [9.17, 15) is 8.42 Å². The number of terminal acetylenes is 1. The van der Waals surface area contributed by atoms with E-state index in [1.165, 1.54) is 19.3 Å². The number of hydrogen-bond donors (Lipinski definition) is 0. The average Bonchev–Trinajstić information content (AvgIpc) is 2.17. The van der Waals surface area contributed by atoms with Gasteiger partial charge in [0.15, 0.2) is 9.84 Å². The summed E-state index contributed by atoms with van der Waals surface area (Å²) >= 11 is 0. The van der Waals surface area contributed by atoms with Crippen LogP contribution < -0.4 is 0 Å². The summed E-state index contributed by atoms with van der Waals surface area (Å²) in [5.74, 6) is 2.27. The summed E-state index contributed by atoms with van der Waals surface area (Å²) in [7, 11) is -3.01. The van der Waals surface area contributed by atoms with Crippen LogP contribution in [-0.2, 0) is 9.84 Å². The predicted molar refractivity (Wildman–Crippen MR) is 57.8 cm³/mol. The average molecular weight is 215 g/mol. The normalized spacial score (nSPS) is 19.1. The number of nitrogens with zero attached hydrogens (tertiary/aromatic N) is 1. The van der Waals surface area contributed by atoms with Gasteiger partial charge in [0.05, 0.1) is 5.75 Å². The second-order valence-corrected chi connectivity index (χ2v) is 5.88. The topological polar surface area (TPSA) is 37.4 Å². The van der Waals surface area contributed by atoms with Crippen molar-refractivity contribution >= 4 is 9.84 Å². The zero-order chi connectivity index (χ0) is 10.4. The lowest BCUT2D eigenvalue weighted by molar-refractivity contribution is 0.241. The van der Waals surface area contributed by atoms with Crippen molar-refractivity contribution < 1.29 is 8.42 Å². The Morgan fingerprint density at radius 1 is 1.21 bits per heavy atom. The Morgan fingerprint density at radius 2 is 1.86 bits per heavy atom. The molecule has 80 valence electrons. The molecule has 4 heteroatoms. The molecule has 3 nitrogen and oxygen atoms in total. The van der Waals surface area contributed by atoms with Crippen LogP contribution in [0.25, 0.3) is 0 Å². The van der Waals surface area contributed by atoms with Gasteiger partial charge in [-0.2, -0.15) is 0 Å². The second kappa shape index (κ2) is 5.38. The fraction of sp³-hybridized carbons (Fsp3) is 0.800. The van der Waals surface area contributed by atoms with Crippen LogP contribution in [0.5, 0.6) is 0 Å². The molecule has 1 fully saturated rings. The van der Waals surface area contributed by atoms with E-state index in [1.54, 1.807) is 0 Å². The van der Waals surface area contributed by atoms with Crippen LogP contribution in [0.1, 0.15) is 19.3 Å². The fourth-order valence-electron chi connectivity index (χ4n) is 1.65. The molecule has 0 bridgehead atoms. The van der Waals surface area contributed by atoms with Crippen molar-refractivity contribution in [3.8, 4) is 12.3 Å². The lowest BCUT2D eigenvalue weighted by atomic mass is 10.1. The van der Waals surface area contributed by atoms with Gasteiger partial charge < -0.3 is 4.90 Å². The van der Waals surface area contributed by atoms with E-state index in [0.29, 0.717) is 6.54 Å². The monoisotopic (exact) mass is 215 g/mol. The minimum atomic E-state index is -3.01. The quantitative estimate of drug-likeness (QED) is 0.642. The molecule has 1 heterocycles. The highest BCUT2D eigenvalue weighted by atomic mass is 32.2. The third-order valence-corrected chi connectivity index (χ3v) is 3.88. The van der Waals surface area contributed by atoms with Crippen molar-refractivity contribution in [2.75, 3.05) is 31.1 Å². The van der Waals surface area contributed by atoms with Gasteiger partial charge >= 0.3 is 0 Å². The van der Waals surface area contributed by atoms with E-state index in [1.807, 2.05) is 0 Å². The minimum Gasteiger partial charge on any atom is -0.302 e. The van der Waals surface area contributed by atoms with Gasteiger partial charge in [0.25, 0.3) is 0 Å². The first-order chi connectivity index (χ1) is 6.64. The van der Waals surface area contributed by atoms with Crippen LogP contribution in [0.15, 0.2) is 0 Å². The molecule has 1 aliphatic rings. The molecule has 14 heavy (non-hydrogen) atoms. The number of piperidine rings is 1. The summed E-state index contributed by atoms with van der Waals surface area (Å²) < 4.78 is 22.6. The molecular formula is C10H17NO2S. The van der Waals surface area contributed by atoms with Crippen LogP contribution >= 0.6 is 0 Å². The van der Waals surface area contributed by atoms with Crippen LogP contribution in [0.3, 0.4) is 0 Å². The first kappa shape index (κ1) is 11.5. The SMILES string of the molecule is C#CCS(=O)(=O)CCN1CCCCC1. The van der Waals surface area contributed by atoms with Crippen molar-refractivity contribution in [1.82, 2.24) is 4.90 Å². The maximum absolute atomic E-state index is 11.3. The Bertz CT molecular complexity index is 297. The zero-order valence-electron chi connectivity index (χ0n) is 8.41. The smallest absolute Gasteiger partial charge is 0.162 e. The molecular weight excluding hydrogens is 198 g/mol. The highest BCUT2D eigenvalue weighted by Gasteiger charge is 2.14. The number of hydrogen-bond acceptors (Lipinski definition) is 3. The molecule has 0 saturated carbocycles. The second-order valence-electron chi connectivity index (χ2n) is 3.70. The first-order valence-corrected chi connectivity index (χ1v) is 6.82. The fourth-order valence-corrected chi connectivity index (χ4v) is 2.58. The summed E-state index contributed by atoms with van der Waals surface area (Å²) in [4.78, 5) is 2.21. The number of likely N-dealkylation sites (tertiary alicyclic amines) is 1. The highest BCUT2D eigenvalue weighted by molar-refractivity contribution is 7.91. The van der Waals surface area contributed by atoms with E-state index < -0.39 is 9.84 Å². The van der Waals surface area contributed by atoms with Crippen molar-refractivity contribution in [3.05, 3.63) is 0 Å². The molecule has 0 aromatic heterocycles. The minimum absolute atomic E-state index is 0.124. The van der Waals surface area contributed by atoms with Gasteiger partial charge in [0, 0.05) is 6.54 Å². The van der Waals surface area contributed by atoms with E-state index >= 15 is 0 Å². The van der Waals surface area contributed by atoms with E-state index in [2.05, 4.69) is 10.8 Å². The van der Waals surface area contributed by atoms with E-state index in [4.69, 9.17) is 6.42 Å². The van der Waals surface area contributed by atoms with Crippen molar-refractivity contribution in [2.24, 2.45) is 0 Å². The van der Waals surface area contributed by atoms with Gasteiger partial charge in [0.1, 0.15) is 5.75 Å². The van der Waals surface area contributed by atoms with Gasteiger partial charge in [-0.3, -0.25) is 0 Å². The molecule has 0 N–H and O–H groups in total. The molecule has 0 aliphatic carbocycles. The van der Waals surface area contributed by atoms with Gasteiger partial charge in [-0.25, -0.2) is 8.42 Å². The van der Waals surface area contributed by atoms with Gasteiger partial charge in [-0.1, -0.05) is 12.3 Å². The molecule has 0 atom stereocenters. The summed E-state index contributed by atoms with van der Waals surface area (Å²) in [6, 6.07) is 0. The van der Waals surface area contributed by atoms with Crippen LogP contribution in [0.2, 0.25) is 0 Å². The Hall–Kier alpha value is -0.530. The number of sulfone groups is 1. The highest BCUT2D eigenvalue weighted by Crippen LogP contribution is 2.08. The maximum Gasteiger partial charge on any atom is 0.162 e. The number of rotatable bonds is 4. The standard InChI is InChI=1S/C10H17NO2S/c1-2-9-14(12,13)10-8-11-6-4-3-5-7-11/h1H,3-10H2. The summed E-state index contributed by atoms with van der Waals surface area (Å²) in [6.45, 7) is 2.71. The Morgan fingerprint density at radius 3 is 2.43 bits per heavy atom. The van der Waals surface area contributed by atoms with Gasteiger partial charge in [-0.15, -0.1) is 6.42 Å². The molecule has 0 radical (unpaired) electrons. The summed E-state index contributed by atoms with van der Waals surface area (Å²) in [5, 5.41) is 0. The van der Waals surface area contributed by atoms with E-state index in [0.717, 1.165) is 13.1 Å². The Balaban J connectivity index is 2.29. The summed E-state index contributed by atoms with van der Waals surface area (Å²) in [6.07, 6.45) is 8.63. The lowest BCUT2D eigenvalue weighted by Crippen LogP contribution is -2.34. The van der Waals surface area contributed by atoms with Crippen LogP contribution in [0.4, 0.5) is 0 Å². The Labute approximate surface area is 86.4 Å². The van der Waals surface area contributed by atoms with Crippen LogP contribution in [0, 0.1) is 12.3 Å². The van der Waals surface area contributed by atoms with Crippen molar-refractivity contribution in [3.63, 3.8) is 0 Å².